The van der Waals surface area contributed by atoms with Gasteiger partial charge < -0.3 is 53.8 Å². The van der Waals surface area contributed by atoms with Crippen molar-refractivity contribution in [1.29, 1.82) is 0 Å². The van der Waals surface area contributed by atoms with E-state index in [2.05, 4.69) is 37.2 Å². The maximum absolute atomic E-state index is 13.9. The number of primary amides is 1. The summed E-state index contributed by atoms with van der Waals surface area (Å²) < 4.78 is 0. The summed E-state index contributed by atoms with van der Waals surface area (Å²) >= 11 is 0. The molecule has 0 aromatic heterocycles. The second-order valence-electron chi connectivity index (χ2n) is 15.2. The zero-order valence-electron chi connectivity index (χ0n) is 33.4. The molecule has 2 rings (SSSR count). The summed E-state index contributed by atoms with van der Waals surface area (Å²) in [6, 6.07) is -1.42. The van der Waals surface area contributed by atoms with Crippen LogP contribution in [0, 0.1) is 17.8 Å². The van der Waals surface area contributed by atoms with E-state index in [1.807, 2.05) is 27.7 Å². The molecule has 1 aliphatic rings. The average Bonchev–Trinajstić information content (AvgIpc) is 3.13. The van der Waals surface area contributed by atoms with Gasteiger partial charge in [-0.05, 0) is 36.2 Å². The Hall–Kier alpha value is -5.59. The first-order valence-corrected chi connectivity index (χ1v) is 19.1. The van der Waals surface area contributed by atoms with Crippen molar-refractivity contribution in [3.8, 4) is 0 Å². The van der Waals surface area contributed by atoms with Gasteiger partial charge in [-0.3, -0.25) is 43.2 Å². The van der Waals surface area contributed by atoms with Crippen LogP contribution in [-0.4, -0.2) is 107 Å². The standard InChI is InChI=1S/C38H59N9O10/c1-7-21(6)31(40)38(57)46-26(16-29(39)48)35(54)47-28-18-41-32(51)23(13-19(2)3)42-33(52)24(14-20(4)5)43-34(53)25(15-22-11-9-8-10-12-22)44-36(55)27(17-30(49)50)45-37(28)56/h8-12,19-21,23-28,31H,7,13-18,40H2,1-6H3,(H2,39,48)(H,41,51)(H,42,52)(H,43,53)(H,44,55)(H,45,56)(H,46,57)(H,47,54)(H,49,50)/t21-,23-,24-,25-,26-,27-,28-,31-/m0/s1. The van der Waals surface area contributed by atoms with Crippen molar-refractivity contribution in [2.45, 2.75) is 122 Å². The van der Waals surface area contributed by atoms with Gasteiger partial charge in [-0.1, -0.05) is 78.3 Å². The lowest BCUT2D eigenvalue weighted by molar-refractivity contribution is -0.141. The number of nitrogens with two attached hydrogens (primary N) is 2. The third-order valence-electron chi connectivity index (χ3n) is 9.32. The number of hydrogen-bond donors (Lipinski definition) is 10. The van der Waals surface area contributed by atoms with E-state index in [0.29, 0.717) is 12.0 Å². The molecule has 8 atom stereocenters. The zero-order chi connectivity index (χ0) is 43.0. The lowest BCUT2D eigenvalue weighted by atomic mass is 9.98. The minimum absolute atomic E-state index is 0.0904. The van der Waals surface area contributed by atoms with Gasteiger partial charge in [-0.25, -0.2) is 0 Å². The van der Waals surface area contributed by atoms with Gasteiger partial charge >= 0.3 is 5.97 Å². The van der Waals surface area contributed by atoms with E-state index >= 15 is 0 Å². The summed E-state index contributed by atoms with van der Waals surface area (Å²) in [4.78, 5) is 120. The molecule has 1 fully saturated rings. The number of carbonyl (C=O) groups is 9. The number of nitrogens with one attached hydrogen (secondary N) is 7. The molecule has 19 nitrogen and oxygen atoms in total. The molecule has 0 saturated carbocycles. The second-order valence-corrected chi connectivity index (χ2v) is 15.2. The highest BCUT2D eigenvalue weighted by Gasteiger charge is 2.36. The van der Waals surface area contributed by atoms with Crippen LogP contribution in [-0.2, 0) is 49.6 Å². The van der Waals surface area contributed by atoms with Crippen molar-refractivity contribution >= 4 is 53.2 Å². The monoisotopic (exact) mass is 801 g/mol. The second kappa shape index (κ2) is 22.8. The quantitative estimate of drug-likeness (QED) is 0.0879. The summed E-state index contributed by atoms with van der Waals surface area (Å²) in [5, 5.41) is 27.2. The number of hydrogen-bond acceptors (Lipinski definition) is 10. The Morgan fingerprint density at radius 2 is 1.26 bits per heavy atom. The van der Waals surface area contributed by atoms with Crippen molar-refractivity contribution in [1.82, 2.24) is 37.2 Å². The van der Waals surface area contributed by atoms with Gasteiger partial charge in [0.2, 0.25) is 47.3 Å². The molecular weight excluding hydrogens is 742 g/mol. The van der Waals surface area contributed by atoms with E-state index in [4.69, 9.17) is 11.5 Å². The van der Waals surface area contributed by atoms with Crippen LogP contribution in [0.1, 0.15) is 79.2 Å². The summed E-state index contributed by atoms with van der Waals surface area (Å²) in [5.74, 6) is -9.40. The molecule has 1 aliphatic heterocycles. The Morgan fingerprint density at radius 1 is 0.754 bits per heavy atom. The smallest absolute Gasteiger partial charge is 0.305 e. The molecule has 0 unspecified atom stereocenters. The number of aliphatic carboxylic acids is 1. The SMILES string of the molecule is CC[C@H](C)[C@H](N)C(=O)N[C@@H](CC(N)=O)C(=O)N[C@H]1CNC(=O)[C@H](CC(C)C)NC(=O)[C@H](CC(C)C)NC(=O)[C@H](Cc2ccccc2)NC(=O)[C@H](CC(=O)O)NC1=O. The Balaban J connectivity index is 2.65. The number of rotatable bonds is 16. The van der Waals surface area contributed by atoms with Crippen molar-refractivity contribution in [3.05, 3.63) is 35.9 Å². The van der Waals surface area contributed by atoms with Crippen LogP contribution in [0.4, 0.5) is 0 Å². The Bertz CT molecular complexity index is 1610. The predicted octanol–water partition coefficient (Wildman–Crippen LogP) is -1.92. The molecule has 0 spiro atoms. The van der Waals surface area contributed by atoms with Crippen molar-refractivity contribution in [3.63, 3.8) is 0 Å². The summed E-state index contributed by atoms with van der Waals surface area (Å²) in [5.41, 5.74) is 12.0. The zero-order valence-corrected chi connectivity index (χ0v) is 33.4. The molecular formula is C38H59N9O10. The van der Waals surface area contributed by atoms with E-state index in [1.165, 1.54) is 0 Å². The highest BCUT2D eigenvalue weighted by molar-refractivity contribution is 5.99. The fourth-order valence-corrected chi connectivity index (χ4v) is 5.94. The summed E-state index contributed by atoms with van der Waals surface area (Å²) in [6.07, 6.45) is -0.973. The van der Waals surface area contributed by atoms with Gasteiger partial charge in [0.15, 0.2) is 0 Å². The van der Waals surface area contributed by atoms with Crippen LogP contribution in [0.3, 0.4) is 0 Å². The van der Waals surface area contributed by atoms with Crippen LogP contribution in [0.25, 0.3) is 0 Å². The van der Waals surface area contributed by atoms with E-state index in [-0.39, 0.29) is 37.0 Å². The van der Waals surface area contributed by atoms with Gasteiger partial charge in [0.1, 0.15) is 36.3 Å². The number of benzene rings is 1. The third kappa shape index (κ3) is 16.2. The molecule has 19 heteroatoms. The van der Waals surface area contributed by atoms with Crippen LogP contribution in [0.2, 0.25) is 0 Å². The minimum Gasteiger partial charge on any atom is -0.481 e. The van der Waals surface area contributed by atoms with Crippen molar-refractivity contribution < 1.29 is 48.3 Å². The molecule has 316 valence electrons. The molecule has 57 heavy (non-hydrogen) atoms. The fourth-order valence-electron chi connectivity index (χ4n) is 5.94. The van der Waals surface area contributed by atoms with E-state index in [0.717, 1.165) is 0 Å². The molecule has 0 radical (unpaired) electrons. The highest BCUT2D eigenvalue weighted by Crippen LogP contribution is 2.12. The lowest BCUT2D eigenvalue weighted by Crippen LogP contribution is -2.63. The van der Waals surface area contributed by atoms with Crippen LogP contribution >= 0.6 is 0 Å². The Labute approximate surface area is 332 Å². The average molecular weight is 802 g/mol. The molecule has 1 saturated heterocycles. The molecule has 1 aromatic carbocycles. The first-order valence-electron chi connectivity index (χ1n) is 19.1. The number of carboxylic acids is 1. The van der Waals surface area contributed by atoms with Gasteiger partial charge in [0, 0.05) is 13.0 Å². The fraction of sp³-hybridized carbons (Fsp3) is 0.605. The summed E-state index contributed by atoms with van der Waals surface area (Å²) in [6.45, 7) is 10.1. The van der Waals surface area contributed by atoms with Crippen LogP contribution in [0.5, 0.6) is 0 Å². The number of amides is 8. The Morgan fingerprint density at radius 3 is 1.79 bits per heavy atom. The first-order chi connectivity index (χ1) is 26.7. The molecule has 8 amide bonds. The van der Waals surface area contributed by atoms with Gasteiger partial charge in [0.25, 0.3) is 0 Å². The molecule has 0 aliphatic carbocycles. The maximum atomic E-state index is 13.9. The van der Waals surface area contributed by atoms with E-state index in [1.54, 1.807) is 44.2 Å². The number of carboxylic acid groups (broad SMARTS) is 1. The summed E-state index contributed by atoms with van der Waals surface area (Å²) in [7, 11) is 0. The lowest BCUT2D eigenvalue weighted by Gasteiger charge is -2.29. The van der Waals surface area contributed by atoms with Crippen molar-refractivity contribution in [2.24, 2.45) is 29.2 Å². The maximum Gasteiger partial charge on any atom is 0.305 e. The van der Waals surface area contributed by atoms with E-state index in [9.17, 15) is 48.3 Å². The third-order valence-corrected chi connectivity index (χ3v) is 9.32. The van der Waals surface area contributed by atoms with Gasteiger partial charge in [-0.15, -0.1) is 0 Å². The predicted molar refractivity (Wildman–Crippen MR) is 207 cm³/mol. The van der Waals surface area contributed by atoms with Crippen LogP contribution < -0.4 is 48.7 Å². The molecule has 1 heterocycles. The molecule has 12 N–H and O–H groups in total. The minimum atomic E-state index is -1.82. The highest BCUT2D eigenvalue weighted by atomic mass is 16.4. The topological polar surface area (TPSA) is 310 Å². The van der Waals surface area contributed by atoms with Gasteiger partial charge in [-0.2, -0.15) is 0 Å². The van der Waals surface area contributed by atoms with Gasteiger partial charge in [0.05, 0.1) is 18.9 Å². The molecule has 0 bridgehead atoms. The van der Waals surface area contributed by atoms with Crippen LogP contribution in [0.15, 0.2) is 30.3 Å². The first kappa shape index (κ1) is 47.6. The largest absolute Gasteiger partial charge is 0.481 e. The normalized spacial score (nSPS) is 22.8. The Kier molecular flexibility index (Phi) is 19.1. The molecule has 1 aromatic rings. The van der Waals surface area contributed by atoms with E-state index < -0.39 is 115 Å². The number of carbonyl (C=O) groups excluding carboxylic acids is 8. The van der Waals surface area contributed by atoms with Crippen molar-refractivity contribution in [2.75, 3.05) is 6.54 Å².